The van der Waals surface area contributed by atoms with E-state index in [2.05, 4.69) is 15.5 Å². The van der Waals surface area contributed by atoms with Crippen LogP contribution >= 0.6 is 11.6 Å². The molecule has 0 unspecified atom stereocenters. The van der Waals surface area contributed by atoms with E-state index in [0.29, 0.717) is 23.1 Å². The summed E-state index contributed by atoms with van der Waals surface area (Å²) in [5.41, 5.74) is 5.60. The van der Waals surface area contributed by atoms with Crippen molar-refractivity contribution in [2.24, 2.45) is 5.10 Å². The normalized spacial score (nSPS) is 16.6. The van der Waals surface area contributed by atoms with Crippen LogP contribution in [-0.4, -0.2) is 24.9 Å². The highest BCUT2D eigenvalue weighted by Crippen LogP contribution is 2.36. The van der Waals surface area contributed by atoms with Gasteiger partial charge in [-0.25, -0.2) is 4.98 Å². The van der Waals surface area contributed by atoms with Crippen LogP contribution in [0.1, 0.15) is 23.8 Å². The number of furan rings is 1. The maximum atomic E-state index is 6.43. The van der Waals surface area contributed by atoms with Crippen LogP contribution in [0.4, 0.5) is 0 Å². The van der Waals surface area contributed by atoms with Gasteiger partial charge in [0.15, 0.2) is 11.5 Å². The van der Waals surface area contributed by atoms with Gasteiger partial charge < -0.3 is 19.3 Å². The third-order valence-electron chi connectivity index (χ3n) is 4.23. The highest BCUT2D eigenvalue weighted by molar-refractivity contribution is 6.30. The van der Waals surface area contributed by atoms with E-state index in [9.17, 15) is 0 Å². The fourth-order valence-electron chi connectivity index (χ4n) is 2.96. The Kier molecular flexibility index (Phi) is 3.97. The average Bonchev–Trinajstić information content (AvgIpc) is 3.31. The second-order valence-electron chi connectivity index (χ2n) is 5.69. The summed E-state index contributed by atoms with van der Waals surface area (Å²) in [7, 11) is 3.20. The zero-order valence-electron chi connectivity index (χ0n) is 13.7. The van der Waals surface area contributed by atoms with Crippen LogP contribution in [0.3, 0.4) is 0 Å². The molecule has 3 aromatic rings. The molecule has 0 bridgehead atoms. The Morgan fingerprint density at radius 3 is 2.72 bits per heavy atom. The van der Waals surface area contributed by atoms with Crippen molar-refractivity contribution in [1.29, 1.82) is 0 Å². The number of nitrogens with zero attached hydrogens (tertiary/aromatic N) is 2. The highest BCUT2D eigenvalue weighted by Gasteiger charge is 2.25. The number of benzene rings is 1. The molecule has 0 aliphatic carbocycles. The second-order valence-corrected chi connectivity index (χ2v) is 6.05. The van der Waals surface area contributed by atoms with Crippen LogP contribution < -0.4 is 14.9 Å². The lowest BCUT2D eigenvalue weighted by Crippen LogP contribution is -2.11. The first-order chi connectivity index (χ1) is 12.2. The summed E-state index contributed by atoms with van der Waals surface area (Å²) in [6.45, 7) is 0. The van der Waals surface area contributed by atoms with Gasteiger partial charge in [-0.2, -0.15) is 5.10 Å². The molecule has 2 aromatic heterocycles. The average molecular weight is 358 g/mol. The van der Waals surface area contributed by atoms with Crippen molar-refractivity contribution in [3.63, 3.8) is 0 Å². The van der Waals surface area contributed by atoms with E-state index in [1.165, 1.54) is 0 Å². The molecular formula is C18H16ClN3O3. The van der Waals surface area contributed by atoms with Gasteiger partial charge in [-0.05, 0) is 24.3 Å². The van der Waals surface area contributed by atoms with Gasteiger partial charge in [0.25, 0.3) is 0 Å². The third kappa shape index (κ3) is 2.78. The molecule has 0 fully saturated rings. The minimum Gasteiger partial charge on any atom is -0.493 e. The van der Waals surface area contributed by atoms with E-state index < -0.39 is 0 Å². The SMILES string of the molecule is COc1cc2cc([C@@H]3CC(c4ccco4)=NN3)c(Cl)nc2cc1OC. The van der Waals surface area contributed by atoms with Crippen LogP contribution in [0.2, 0.25) is 5.15 Å². The monoisotopic (exact) mass is 357 g/mol. The molecule has 0 saturated heterocycles. The Morgan fingerprint density at radius 1 is 1.20 bits per heavy atom. The second kappa shape index (κ2) is 6.29. The molecule has 1 aromatic carbocycles. The van der Waals surface area contributed by atoms with E-state index >= 15 is 0 Å². The van der Waals surface area contributed by atoms with E-state index in [4.69, 9.17) is 25.5 Å². The number of ether oxygens (including phenoxy) is 2. The highest BCUT2D eigenvalue weighted by atomic mass is 35.5. The van der Waals surface area contributed by atoms with Gasteiger partial charge in [0.1, 0.15) is 16.6 Å². The Balaban J connectivity index is 1.70. The fourth-order valence-corrected chi connectivity index (χ4v) is 3.23. The molecular weight excluding hydrogens is 342 g/mol. The van der Waals surface area contributed by atoms with E-state index in [-0.39, 0.29) is 6.04 Å². The van der Waals surface area contributed by atoms with Crippen molar-refractivity contribution in [2.45, 2.75) is 12.5 Å². The predicted molar refractivity (Wildman–Crippen MR) is 95.6 cm³/mol. The smallest absolute Gasteiger partial charge is 0.162 e. The van der Waals surface area contributed by atoms with Crippen molar-refractivity contribution in [3.05, 3.63) is 53.1 Å². The standard InChI is InChI=1S/C18H16ClN3O3/c1-23-16-7-10-6-11(18(19)20-12(10)9-17(16)24-2)13-8-14(22-21-13)15-4-3-5-25-15/h3-7,9,13,21H,8H2,1-2H3/t13-/m0/s1. The maximum absolute atomic E-state index is 6.43. The van der Waals surface area contributed by atoms with E-state index in [0.717, 1.165) is 27.9 Å². The minimum atomic E-state index is -0.0578. The van der Waals surface area contributed by atoms with Gasteiger partial charge in [-0.15, -0.1) is 0 Å². The first kappa shape index (κ1) is 15.8. The third-order valence-corrected chi connectivity index (χ3v) is 4.54. The number of methoxy groups -OCH3 is 2. The fraction of sp³-hybridized carbons (Fsp3) is 0.222. The lowest BCUT2D eigenvalue weighted by Gasteiger charge is -2.14. The maximum Gasteiger partial charge on any atom is 0.162 e. The Hall–Kier alpha value is -2.73. The largest absolute Gasteiger partial charge is 0.493 e. The summed E-state index contributed by atoms with van der Waals surface area (Å²) in [6, 6.07) is 9.39. The lowest BCUT2D eigenvalue weighted by molar-refractivity contribution is 0.356. The minimum absolute atomic E-state index is 0.0578. The molecule has 1 aliphatic heterocycles. The number of pyridine rings is 1. The summed E-state index contributed by atoms with van der Waals surface area (Å²) < 4.78 is 16.1. The zero-order chi connectivity index (χ0) is 17.4. The summed E-state index contributed by atoms with van der Waals surface area (Å²) in [6.07, 6.45) is 2.31. The lowest BCUT2D eigenvalue weighted by atomic mass is 10.0. The van der Waals surface area contributed by atoms with Crippen molar-refractivity contribution in [1.82, 2.24) is 10.4 Å². The Labute approximate surface area is 149 Å². The first-order valence-electron chi connectivity index (χ1n) is 7.77. The van der Waals surface area contributed by atoms with Gasteiger partial charge in [-0.3, -0.25) is 0 Å². The summed E-state index contributed by atoms with van der Waals surface area (Å²) in [5.74, 6) is 2.03. The molecule has 0 spiro atoms. The Morgan fingerprint density at radius 2 is 2.00 bits per heavy atom. The molecule has 7 heteroatoms. The van der Waals surface area contributed by atoms with Crippen LogP contribution in [-0.2, 0) is 0 Å². The number of nitrogens with one attached hydrogen (secondary N) is 1. The topological polar surface area (TPSA) is 68.9 Å². The van der Waals surface area contributed by atoms with Crippen LogP contribution in [0.5, 0.6) is 11.5 Å². The number of hydrogen-bond acceptors (Lipinski definition) is 6. The van der Waals surface area contributed by atoms with E-state index in [1.54, 1.807) is 20.5 Å². The van der Waals surface area contributed by atoms with Gasteiger partial charge >= 0.3 is 0 Å². The molecule has 1 atom stereocenters. The van der Waals surface area contributed by atoms with Crippen LogP contribution in [0.25, 0.3) is 10.9 Å². The summed E-state index contributed by atoms with van der Waals surface area (Å²) in [4.78, 5) is 4.51. The van der Waals surface area contributed by atoms with Crippen molar-refractivity contribution in [3.8, 4) is 11.5 Å². The summed E-state index contributed by atoms with van der Waals surface area (Å²) in [5, 5.41) is 5.72. The predicted octanol–water partition coefficient (Wildman–Crippen LogP) is 3.94. The molecule has 25 heavy (non-hydrogen) atoms. The number of aromatic nitrogens is 1. The number of hydrogen-bond donors (Lipinski definition) is 1. The number of fused-ring (bicyclic) bond motifs is 1. The first-order valence-corrected chi connectivity index (χ1v) is 8.15. The number of halogens is 1. The van der Waals surface area contributed by atoms with Crippen molar-refractivity contribution >= 4 is 28.2 Å². The van der Waals surface area contributed by atoms with E-state index in [1.807, 2.05) is 30.3 Å². The molecule has 4 rings (SSSR count). The molecule has 1 aliphatic rings. The molecule has 0 amide bonds. The summed E-state index contributed by atoms with van der Waals surface area (Å²) >= 11 is 6.43. The number of rotatable bonds is 4. The molecule has 0 saturated carbocycles. The van der Waals surface area contributed by atoms with Gasteiger partial charge in [-0.1, -0.05) is 11.6 Å². The van der Waals surface area contributed by atoms with Crippen LogP contribution in [0.15, 0.2) is 46.1 Å². The van der Waals surface area contributed by atoms with Gasteiger partial charge in [0.05, 0.1) is 32.0 Å². The Bertz CT molecular complexity index is 954. The molecule has 1 N–H and O–H groups in total. The quantitative estimate of drug-likeness (QED) is 0.716. The molecule has 128 valence electrons. The molecule has 0 radical (unpaired) electrons. The van der Waals surface area contributed by atoms with Crippen LogP contribution in [0, 0.1) is 0 Å². The molecule has 3 heterocycles. The van der Waals surface area contributed by atoms with Crippen molar-refractivity contribution in [2.75, 3.05) is 14.2 Å². The number of hydrazone groups is 1. The zero-order valence-corrected chi connectivity index (χ0v) is 14.5. The molecule has 6 nitrogen and oxygen atoms in total. The van der Waals surface area contributed by atoms with Crippen molar-refractivity contribution < 1.29 is 13.9 Å². The van der Waals surface area contributed by atoms with Gasteiger partial charge in [0.2, 0.25) is 0 Å². The van der Waals surface area contributed by atoms with Gasteiger partial charge in [0, 0.05) is 23.4 Å².